The van der Waals surface area contributed by atoms with E-state index in [1.54, 1.807) is 11.8 Å². The molecular weight excluding hydrogens is 200 g/mol. The number of rotatable bonds is 2. The second-order valence-corrected chi connectivity index (χ2v) is 3.32. The van der Waals surface area contributed by atoms with Crippen LogP contribution in [0.1, 0.15) is 6.92 Å². The predicted octanol–water partition coefficient (Wildman–Crippen LogP) is 2.72. The molecule has 0 unspecified atom stereocenters. The summed E-state index contributed by atoms with van der Waals surface area (Å²) in [6.45, 7) is 2.76. The summed E-state index contributed by atoms with van der Waals surface area (Å²) in [4.78, 5) is 0. The highest BCUT2D eigenvalue weighted by Crippen LogP contribution is 2.31. The number of aromatic nitrogens is 2. The van der Waals surface area contributed by atoms with Gasteiger partial charge in [0.25, 0.3) is 0 Å². The van der Waals surface area contributed by atoms with Crippen molar-refractivity contribution in [1.82, 2.24) is 9.78 Å². The quantitative estimate of drug-likeness (QED) is 0.762. The first-order valence-corrected chi connectivity index (χ1v) is 4.84. The van der Waals surface area contributed by atoms with Crippen molar-refractivity contribution in [2.24, 2.45) is 0 Å². The van der Waals surface area contributed by atoms with Crippen LogP contribution in [0, 0.1) is 0 Å². The lowest BCUT2D eigenvalue weighted by Crippen LogP contribution is -1.95. The van der Waals surface area contributed by atoms with Gasteiger partial charge in [0, 0.05) is 6.54 Å². The number of benzene rings is 1. The fourth-order valence-corrected chi connectivity index (χ4v) is 1.84. The van der Waals surface area contributed by atoms with Crippen LogP contribution >= 0.6 is 11.6 Å². The average molecular weight is 211 g/mol. The molecule has 1 aromatic carbocycles. The van der Waals surface area contributed by atoms with Gasteiger partial charge in [-0.1, -0.05) is 17.7 Å². The molecule has 1 heterocycles. The normalized spacial score (nSPS) is 10.8. The van der Waals surface area contributed by atoms with Crippen LogP contribution in [-0.2, 0) is 6.54 Å². The first-order valence-electron chi connectivity index (χ1n) is 4.47. The molecule has 14 heavy (non-hydrogen) atoms. The summed E-state index contributed by atoms with van der Waals surface area (Å²) >= 11 is 6.16. The minimum Gasteiger partial charge on any atom is -0.496 e. The Morgan fingerprint density at radius 1 is 1.50 bits per heavy atom. The lowest BCUT2D eigenvalue weighted by molar-refractivity contribution is 0.420. The summed E-state index contributed by atoms with van der Waals surface area (Å²) in [6.07, 6.45) is 0. The van der Waals surface area contributed by atoms with E-state index in [0.29, 0.717) is 5.15 Å². The van der Waals surface area contributed by atoms with E-state index in [2.05, 4.69) is 5.10 Å². The molecule has 2 rings (SSSR count). The zero-order valence-electron chi connectivity index (χ0n) is 8.12. The maximum atomic E-state index is 6.16. The van der Waals surface area contributed by atoms with Crippen molar-refractivity contribution in [3.05, 3.63) is 23.4 Å². The van der Waals surface area contributed by atoms with Gasteiger partial charge in [-0.05, 0) is 19.1 Å². The Labute approximate surface area is 87.2 Å². The lowest BCUT2D eigenvalue weighted by atomic mass is 10.2. The molecule has 0 amide bonds. The van der Waals surface area contributed by atoms with Crippen LogP contribution in [0.5, 0.6) is 5.75 Å². The molecular formula is C10H11ClN2O. The molecule has 1 aromatic heterocycles. The van der Waals surface area contributed by atoms with E-state index in [-0.39, 0.29) is 0 Å². The van der Waals surface area contributed by atoms with Crippen molar-refractivity contribution in [3.8, 4) is 5.75 Å². The molecule has 2 aromatic rings. The van der Waals surface area contributed by atoms with Crippen molar-refractivity contribution in [2.75, 3.05) is 7.11 Å². The van der Waals surface area contributed by atoms with E-state index in [0.717, 1.165) is 23.2 Å². The van der Waals surface area contributed by atoms with Crippen molar-refractivity contribution >= 4 is 22.5 Å². The molecule has 4 heteroatoms. The van der Waals surface area contributed by atoms with Gasteiger partial charge in [-0.15, -0.1) is 0 Å². The average Bonchev–Trinajstić information content (AvgIpc) is 2.55. The SMILES string of the molecule is CCn1nc2cccc(OC)c2c1Cl. The molecule has 0 saturated heterocycles. The number of hydrogen-bond donors (Lipinski definition) is 0. The summed E-state index contributed by atoms with van der Waals surface area (Å²) in [6, 6.07) is 5.72. The van der Waals surface area contributed by atoms with Crippen LogP contribution in [0.15, 0.2) is 18.2 Å². The van der Waals surface area contributed by atoms with Gasteiger partial charge >= 0.3 is 0 Å². The van der Waals surface area contributed by atoms with Gasteiger partial charge < -0.3 is 4.74 Å². The van der Waals surface area contributed by atoms with Gasteiger partial charge in [0.1, 0.15) is 10.9 Å². The summed E-state index contributed by atoms with van der Waals surface area (Å²) in [5.41, 5.74) is 0.871. The number of ether oxygens (including phenoxy) is 1. The smallest absolute Gasteiger partial charge is 0.138 e. The molecule has 3 nitrogen and oxygen atoms in total. The molecule has 0 radical (unpaired) electrons. The van der Waals surface area contributed by atoms with Crippen molar-refractivity contribution in [2.45, 2.75) is 13.5 Å². The molecule has 0 aliphatic rings. The summed E-state index contributed by atoms with van der Waals surface area (Å²) in [7, 11) is 1.63. The number of nitrogens with zero attached hydrogens (tertiary/aromatic N) is 2. The summed E-state index contributed by atoms with van der Waals surface area (Å²) < 4.78 is 6.99. The topological polar surface area (TPSA) is 27.1 Å². The third kappa shape index (κ3) is 1.24. The predicted molar refractivity (Wildman–Crippen MR) is 57.0 cm³/mol. The molecule has 0 N–H and O–H groups in total. The second kappa shape index (κ2) is 3.50. The summed E-state index contributed by atoms with van der Waals surface area (Å²) in [5, 5.41) is 5.87. The van der Waals surface area contributed by atoms with Crippen molar-refractivity contribution < 1.29 is 4.74 Å². The van der Waals surface area contributed by atoms with Gasteiger partial charge in [0.05, 0.1) is 18.0 Å². The van der Waals surface area contributed by atoms with Crippen LogP contribution < -0.4 is 4.74 Å². The van der Waals surface area contributed by atoms with Crippen LogP contribution in [0.25, 0.3) is 10.9 Å². The fraction of sp³-hybridized carbons (Fsp3) is 0.300. The molecule has 74 valence electrons. The van der Waals surface area contributed by atoms with Crippen molar-refractivity contribution in [3.63, 3.8) is 0 Å². The second-order valence-electron chi connectivity index (χ2n) is 2.96. The number of halogens is 1. The van der Waals surface area contributed by atoms with Gasteiger partial charge in [-0.25, -0.2) is 0 Å². The molecule has 0 saturated carbocycles. The zero-order chi connectivity index (χ0) is 10.1. The Morgan fingerprint density at radius 3 is 2.93 bits per heavy atom. The Bertz CT molecular complexity index is 464. The number of aryl methyl sites for hydroxylation is 1. The van der Waals surface area contributed by atoms with E-state index >= 15 is 0 Å². The summed E-state index contributed by atoms with van der Waals surface area (Å²) in [5.74, 6) is 0.771. The Morgan fingerprint density at radius 2 is 2.29 bits per heavy atom. The van der Waals surface area contributed by atoms with Crippen LogP contribution in [-0.4, -0.2) is 16.9 Å². The third-order valence-corrected chi connectivity index (χ3v) is 2.57. The van der Waals surface area contributed by atoms with Gasteiger partial charge in [-0.2, -0.15) is 5.10 Å². The van der Waals surface area contributed by atoms with Gasteiger partial charge in [0.2, 0.25) is 0 Å². The number of hydrogen-bond acceptors (Lipinski definition) is 2. The number of fused-ring (bicyclic) bond motifs is 1. The highest BCUT2D eigenvalue weighted by molar-refractivity contribution is 6.35. The highest BCUT2D eigenvalue weighted by atomic mass is 35.5. The van der Waals surface area contributed by atoms with Crippen LogP contribution in [0.2, 0.25) is 5.15 Å². The van der Waals surface area contributed by atoms with E-state index in [1.807, 2.05) is 25.1 Å². The van der Waals surface area contributed by atoms with Crippen molar-refractivity contribution in [1.29, 1.82) is 0 Å². The molecule has 0 aliphatic heterocycles. The Balaban J connectivity index is 2.79. The minimum absolute atomic E-state index is 0.639. The molecule has 0 aliphatic carbocycles. The Hall–Kier alpha value is -1.22. The minimum atomic E-state index is 0.639. The zero-order valence-corrected chi connectivity index (χ0v) is 8.88. The lowest BCUT2D eigenvalue weighted by Gasteiger charge is -2.00. The molecule has 0 spiro atoms. The largest absolute Gasteiger partial charge is 0.496 e. The van der Waals surface area contributed by atoms with E-state index < -0.39 is 0 Å². The molecule has 0 atom stereocenters. The first kappa shape index (κ1) is 9.34. The third-order valence-electron chi connectivity index (χ3n) is 2.19. The van der Waals surface area contributed by atoms with E-state index in [4.69, 9.17) is 16.3 Å². The standard InChI is InChI=1S/C10H11ClN2O/c1-3-13-10(11)9-7(12-13)5-4-6-8(9)14-2/h4-6H,3H2,1-2H3. The Kier molecular flexibility index (Phi) is 2.33. The van der Waals surface area contributed by atoms with Gasteiger partial charge in [0.15, 0.2) is 0 Å². The fourth-order valence-electron chi connectivity index (χ4n) is 1.49. The maximum absolute atomic E-state index is 6.16. The van der Waals surface area contributed by atoms with Crippen LogP contribution in [0.3, 0.4) is 0 Å². The molecule has 0 bridgehead atoms. The highest BCUT2D eigenvalue weighted by Gasteiger charge is 2.11. The van der Waals surface area contributed by atoms with Gasteiger partial charge in [-0.3, -0.25) is 4.68 Å². The monoisotopic (exact) mass is 210 g/mol. The molecule has 0 fully saturated rings. The maximum Gasteiger partial charge on any atom is 0.138 e. The van der Waals surface area contributed by atoms with E-state index in [9.17, 15) is 0 Å². The van der Waals surface area contributed by atoms with Crippen LogP contribution in [0.4, 0.5) is 0 Å². The first-order chi connectivity index (χ1) is 6.77. The van der Waals surface area contributed by atoms with E-state index in [1.165, 1.54) is 0 Å². The number of methoxy groups -OCH3 is 1.